The van der Waals surface area contributed by atoms with Gasteiger partial charge in [-0.1, -0.05) is 0 Å². The van der Waals surface area contributed by atoms with Crippen molar-refractivity contribution in [1.82, 2.24) is 10.2 Å². The molecule has 0 aromatic carbocycles. The molecule has 3 heterocycles. The number of nitrogens with one attached hydrogen (secondary N) is 1. The van der Waals surface area contributed by atoms with Crippen LogP contribution in [-0.2, 0) is 29.9 Å². The second kappa shape index (κ2) is 6.14. The highest BCUT2D eigenvalue weighted by molar-refractivity contribution is 7.87. The van der Waals surface area contributed by atoms with Gasteiger partial charge in [0.15, 0.2) is 0 Å². The molecule has 9 heteroatoms. The molecule has 0 bridgehead atoms. The molecular formula is C16H18N2O6S. The second-order valence-electron chi connectivity index (χ2n) is 6.30. The topological polar surface area (TPSA) is 106 Å². The van der Waals surface area contributed by atoms with Crippen LogP contribution in [-0.4, -0.2) is 56.2 Å². The Bertz CT molecular complexity index is 770. The van der Waals surface area contributed by atoms with Gasteiger partial charge in [0.2, 0.25) is 11.8 Å². The molecule has 2 aliphatic heterocycles. The van der Waals surface area contributed by atoms with Gasteiger partial charge < -0.3 is 19.4 Å². The van der Waals surface area contributed by atoms with E-state index in [2.05, 4.69) is 5.32 Å². The number of carbonyl (C=O) groups excluding carboxylic acids is 3. The first kappa shape index (κ1) is 17.4. The number of carbonyl (C=O) groups is 3. The van der Waals surface area contributed by atoms with E-state index in [1.807, 2.05) is 0 Å². The minimum Gasteiger partial charge on any atom is -0.467 e. The number of methoxy groups -OCH3 is 1. The lowest BCUT2D eigenvalue weighted by molar-refractivity contribution is -0.162. The van der Waals surface area contributed by atoms with E-state index < -0.39 is 50.8 Å². The molecule has 2 amide bonds. The zero-order valence-corrected chi connectivity index (χ0v) is 14.7. The number of furan rings is 1. The van der Waals surface area contributed by atoms with E-state index in [-0.39, 0.29) is 0 Å². The smallest absolute Gasteiger partial charge is 0.330 e. The predicted molar refractivity (Wildman–Crippen MR) is 88.3 cm³/mol. The summed E-state index contributed by atoms with van der Waals surface area (Å²) >= 11 is 0. The van der Waals surface area contributed by atoms with Crippen LogP contribution < -0.4 is 5.32 Å². The molecule has 2 saturated heterocycles. The van der Waals surface area contributed by atoms with Crippen molar-refractivity contribution < 1.29 is 27.7 Å². The zero-order valence-electron chi connectivity index (χ0n) is 13.9. The summed E-state index contributed by atoms with van der Waals surface area (Å²) in [5.74, 6) is -1.07. The summed E-state index contributed by atoms with van der Waals surface area (Å²) in [5, 5.41) is 1.80. The number of β-lactam (4-membered cyclic amide) rings is 1. The van der Waals surface area contributed by atoms with Crippen LogP contribution in [0.15, 0.2) is 28.9 Å². The minimum atomic E-state index is -1.53. The van der Waals surface area contributed by atoms with Gasteiger partial charge >= 0.3 is 5.97 Å². The third-order valence-corrected chi connectivity index (χ3v) is 6.62. The summed E-state index contributed by atoms with van der Waals surface area (Å²) in [6.45, 7) is 3.29. The van der Waals surface area contributed by atoms with E-state index >= 15 is 0 Å². The van der Waals surface area contributed by atoms with Gasteiger partial charge in [-0.3, -0.25) is 13.8 Å². The van der Waals surface area contributed by atoms with E-state index in [0.717, 1.165) is 0 Å². The molecule has 0 spiro atoms. The van der Waals surface area contributed by atoms with Crippen LogP contribution in [0.1, 0.15) is 19.6 Å². The number of amides is 2. The summed E-state index contributed by atoms with van der Waals surface area (Å²) in [6, 6.07) is 1.50. The van der Waals surface area contributed by atoms with Crippen molar-refractivity contribution in [3.05, 3.63) is 30.2 Å². The maximum absolute atomic E-state index is 12.7. The molecule has 1 aromatic heterocycles. The minimum absolute atomic E-state index is 0.445. The van der Waals surface area contributed by atoms with Crippen LogP contribution in [0.3, 0.4) is 0 Å². The number of nitrogens with zero attached hydrogens (tertiary/aromatic N) is 1. The van der Waals surface area contributed by atoms with Crippen LogP contribution in [0.5, 0.6) is 0 Å². The Morgan fingerprint density at radius 1 is 1.44 bits per heavy atom. The lowest BCUT2D eigenvalue weighted by atomic mass is 9.96. The van der Waals surface area contributed by atoms with Crippen LogP contribution >= 0.6 is 0 Å². The van der Waals surface area contributed by atoms with E-state index in [4.69, 9.17) is 9.15 Å². The number of fused-ring (bicyclic) bond motifs is 1. The molecule has 4 atom stereocenters. The van der Waals surface area contributed by atoms with E-state index in [0.29, 0.717) is 5.76 Å². The SMILES string of the molecule is COC(=O)[C@@H]1N2C(=O)[C@@H](NC(=O)/C=C/c3ccco3)[C@H]2S(=O)C1(C)C. The van der Waals surface area contributed by atoms with Crippen molar-refractivity contribution in [1.29, 1.82) is 0 Å². The molecule has 0 radical (unpaired) electrons. The molecule has 1 aromatic rings. The largest absolute Gasteiger partial charge is 0.467 e. The Morgan fingerprint density at radius 3 is 2.76 bits per heavy atom. The standard InChI is InChI=1S/C16H18N2O6S/c1-16(2)12(15(21)23-3)18-13(20)11(14(18)25(16)22)17-10(19)7-6-9-5-4-8-24-9/h4-8,11-12,14H,1-3H3,(H,17,19)/b7-6+/t11-,12+,14-,25?/m1/s1. The van der Waals surface area contributed by atoms with Crippen molar-refractivity contribution in [2.45, 2.75) is 36.1 Å². The average molecular weight is 366 g/mol. The first-order valence-electron chi connectivity index (χ1n) is 7.62. The lowest BCUT2D eigenvalue weighted by Crippen LogP contribution is -2.71. The van der Waals surface area contributed by atoms with Crippen LogP contribution in [0.4, 0.5) is 0 Å². The maximum Gasteiger partial charge on any atom is 0.330 e. The van der Waals surface area contributed by atoms with E-state index in [1.165, 1.54) is 30.4 Å². The van der Waals surface area contributed by atoms with Gasteiger partial charge in [0.25, 0.3) is 0 Å². The summed E-state index contributed by atoms with van der Waals surface area (Å²) in [7, 11) is -0.307. The predicted octanol–water partition coefficient (Wildman–Crippen LogP) is 0.0284. The number of rotatable bonds is 4. The van der Waals surface area contributed by atoms with Gasteiger partial charge in [-0.15, -0.1) is 0 Å². The summed E-state index contributed by atoms with van der Waals surface area (Å²) in [6.07, 6.45) is 4.17. The number of ether oxygens (including phenoxy) is 1. The van der Waals surface area contributed by atoms with E-state index in [9.17, 15) is 18.6 Å². The molecule has 0 saturated carbocycles. The van der Waals surface area contributed by atoms with Crippen LogP contribution in [0, 0.1) is 0 Å². The highest BCUT2D eigenvalue weighted by atomic mass is 32.2. The summed E-state index contributed by atoms with van der Waals surface area (Å²) in [4.78, 5) is 37.7. The zero-order chi connectivity index (χ0) is 18.4. The maximum atomic E-state index is 12.7. The molecule has 134 valence electrons. The monoisotopic (exact) mass is 366 g/mol. The van der Waals surface area contributed by atoms with Crippen LogP contribution in [0.25, 0.3) is 6.08 Å². The third kappa shape index (κ3) is 2.68. The molecule has 8 nitrogen and oxygen atoms in total. The molecule has 2 aliphatic rings. The Morgan fingerprint density at radius 2 is 2.16 bits per heavy atom. The number of hydrogen-bond acceptors (Lipinski definition) is 6. The highest BCUT2D eigenvalue weighted by Gasteiger charge is 2.68. The molecule has 3 rings (SSSR count). The fourth-order valence-electron chi connectivity index (χ4n) is 3.13. The van der Waals surface area contributed by atoms with Gasteiger partial charge in [-0.2, -0.15) is 0 Å². The molecule has 1 N–H and O–H groups in total. The summed E-state index contributed by atoms with van der Waals surface area (Å²) in [5.41, 5.74) is 0. The van der Waals surface area contributed by atoms with Gasteiger partial charge in [-0.25, -0.2) is 4.79 Å². The second-order valence-corrected chi connectivity index (χ2v) is 8.43. The first-order valence-corrected chi connectivity index (χ1v) is 8.83. The van der Waals surface area contributed by atoms with Gasteiger partial charge in [0.05, 0.1) is 28.9 Å². The molecule has 2 fully saturated rings. The molecule has 0 aliphatic carbocycles. The first-order chi connectivity index (χ1) is 11.8. The Hall–Kier alpha value is -2.42. The van der Waals surface area contributed by atoms with Gasteiger partial charge in [-0.05, 0) is 32.1 Å². The van der Waals surface area contributed by atoms with E-state index in [1.54, 1.807) is 26.0 Å². The normalized spacial score (nSPS) is 30.0. The van der Waals surface area contributed by atoms with Crippen molar-refractivity contribution in [3.63, 3.8) is 0 Å². The fourth-order valence-corrected chi connectivity index (χ4v) is 5.05. The number of hydrogen-bond donors (Lipinski definition) is 1. The Balaban J connectivity index is 1.74. The van der Waals surface area contributed by atoms with Crippen molar-refractivity contribution in [2.24, 2.45) is 0 Å². The summed E-state index contributed by atoms with van der Waals surface area (Å²) < 4.78 is 21.6. The van der Waals surface area contributed by atoms with Crippen molar-refractivity contribution >= 4 is 34.7 Å². The fraction of sp³-hybridized carbons (Fsp3) is 0.438. The molecule has 25 heavy (non-hydrogen) atoms. The molecular weight excluding hydrogens is 348 g/mol. The Kier molecular flexibility index (Phi) is 4.28. The molecule has 1 unspecified atom stereocenters. The van der Waals surface area contributed by atoms with Crippen LogP contribution in [0.2, 0.25) is 0 Å². The highest BCUT2D eigenvalue weighted by Crippen LogP contribution is 2.43. The van der Waals surface area contributed by atoms with Gasteiger partial charge in [0.1, 0.15) is 23.2 Å². The Labute approximate surface area is 146 Å². The van der Waals surface area contributed by atoms with Gasteiger partial charge in [0, 0.05) is 6.08 Å². The lowest BCUT2D eigenvalue weighted by Gasteiger charge is -2.43. The number of esters is 1. The average Bonchev–Trinajstić information content (AvgIpc) is 3.15. The third-order valence-electron chi connectivity index (χ3n) is 4.42. The van der Waals surface area contributed by atoms with Crippen molar-refractivity contribution in [2.75, 3.05) is 7.11 Å². The quantitative estimate of drug-likeness (QED) is 0.458. The van der Waals surface area contributed by atoms with Crippen molar-refractivity contribution in [3.8, 4) is 0 Å².